The number of rotatable bonds is 4. The van der Waals surface area contributed by atoms with Gasteiger partial charge in [0.1, 0.15) is 0 Å². The molecule has 0 atom stereocenters. The molecule has 0 aromatic heterocycles. The fraction of sp³-hybridized carbons (Fsp3) is 0.533. The van der Waals surface area contributed by atoms with Crippen LogP contribution < -0.4 is 5.32 Å². The minimum atomic E-state index is 0.117. The Kier molecular flexibility index (Phi) is 3.33. The van der Waals surface area contributed by atoms with E-state index in [0.717, 1.165) is 24.7 Å². The van der Waals surface area contributed by atoms with Gasteiger partial charge in [0.25, 0.3) is 0 Å². The van der Waals surface area contributed by atoms with Crippen molar-refractivity contribution in [2.24, 2.45) is 5.92 Å². The second-order valence-corrected chi connectivity index (χ2v) is 5.50. The molecule has 1 amide bonds. The van der Waals surface area contributed by atoms with Crippen molar-refractivity contribution in [2.45, 2.75) is 32.2 Å². The predicted octanol–water partition coefficient (Wildman–Crippen LogP) is 2.63. The third kappa shape index (κ3) is 2.91. The van der Waals surface area contributed by atoms with E-state index in [1.54, 1.807) is 0 Å². The van der Waals surface area contributed by atoms with Crippen molar-refractivity contribution in [1.29, 1.82) is 0 Å². The molecule has 0 saturated heterocycles. The fourth-order valence-corrected chi connectivity index (χ4v) is 2.64. The number of hydrogen-bond donors (Lipinski definition) is 1. The first kappa shape index (κ1) is 11.7. The molecule has 18 heavy (non-hydrogen) atoms. The SMILES string of the molecule is O=C1CN(CCCC2CC2)Cc2ccccc2N1. The summed E-state index contributed by atoms with van der Waals surface area (Å²) < 4.78 is 0. The van der Waals surface area contributed by atoms with Crippen molar-refractivity contribution >= 4 is 11.6 Å². The summed E-state index contributed by atoms with van der Waals surface area (Å²) >= 11 is 0. The van der Waals surface area contributed by atoms with Crippen LogP contribution in [0.15, 0.2) is 24.3 Å². The molecule has 1 aromatic carbocycles. The van der Waals surface area contributed by atoms with Gasteiger partial charge in [-0.05, 0) is 36.9 Å². The molecule has 3 heteroatoms. The highest BCUT2D eigenvalue weighted by molar-refractivity contribution is 5.93. The van der Waals surface area contributed by atoms with Crippen LogP contribution in [0.5, 0.6) is 0 Å². The first-order valence-corrected chi connectivity index (χ1v) is 6.91. The van der Waals surface area contributed by atoms with E-state index in [1.807, 2.05) is 18.2 Å². The minimum Gasteiger partial charge on any atom is -0.325 e. The third-order valence-corrected chi connectivity index (χ3v) is 3.84. The molecule has 1 fully saturated rings. The number of amides is 1. The van der Waals surface area contributed by atoms with Gasteiger partial charge in [-0.15, -0.1) is 0 Å². The zero-order valence-corrected chi connectivity index (χ0v) is 10.7. The van der Waals surface area contributed by atoms with E-state index in [2.05, 4.69) is 16.3 Å². The van der Waals surface area contributed by atoms with Crippen LogP contribution in [0.25, 0.3) is 0 Å². The number of benzene rings is 1. The van der Waals surface area contributed by atoms with E-state index >= 15 is 0 Å². The molecule has 0 spiro atoms. The number of nitrogens with zero attached hydrogens (tertiary/aromatic N) is 1. The number of hydrogen-bond acceptors (Lipinski definition) is 2. The van der Waals surface area contributed by atoms with Crippen LogP contribution in [0.3, 0.4) is 0 Å². The number of anilines is 1. The summed E-state index contributed by atoms with van der Waals surface area (Å²) in [5, 5.41) is 2.98. The lowest BCUT2D eigenvalue weighted by molar-refractivity contribution is -0.117. The monoisotopic (exact) mass is 244 g/mol. The van der Waals surface area contributed by atoms with Crippen molar-refractivity contribution in [3.63, 3.8) is 0 Å². The van der Waals surface area contributed by atoms with Gasteiger partial charge in [-0.1, -0.05) is 31.0 Å². The largest absolute Gasteiger partial charge is 0.325 e. The molecule has 96 valence electrons. The summed E-state index contributed by atoms with van der Waals surface area (Å²) in [6.07, 6.45) is 5.40. The van der Waals surface area contributed by atoms with Gasteiger partial charge in [-0.2, -0.15) is 0 Å². The molecule has 3 nitrogen and oxygen atoms in total. The summed E-state index contributed by atoms with van der Waals surface area (Å²) in [5.41, 5.74) is 2.21. The van der Waals surface area contributed by atoms with Crippen molar-refractivity contribution < 1.29 is 4.79 Å². The third-order valence-electron chi connectivity index (χ3n) is 3.84. The summed E-state index contributed by atoms with van der Waals surface area (Å²) in [5.74, 6) is 1.10. The molecule has 0 radical (unpaired) electrons. The van der Waals surface area contributed by atoms with Crippen molar-refractivity contribution in [3.8, 4) is 0 Å². The van der Waals surface area contributed by atoms with Crippen LogP contribution in [-0.4, -0.2) is 23.9 Å². The molecule has 0 bridgehead atoms. The van der Waals surface area contributed by atoms with Crippen molar-refractivity contribution in [2.75, 3.05) is 18.4 Å². The number of carbonyl (C=O) groups is 1. The molecule has 0 unspecified atom stereocenters. The standard InChI is InChI=1S/C15H20N2O/c18-15-11-17(9-3-4-12-7-8-12)10-13-5-1-2-6-14(13)16-15/h1-2,5-6,12H,3-4,7-11H2,(H,16,18). The Labute approximate surface area is 108 Å². The molecular weight excluding hydrogens is 224 g/mol. The maximum absolute atomic E-state index is 11.8. The van der Waals surface area contributed by atoms with E-state index in [9.17, 15) is 4.79 Å². The number of nitrogens with one attached hydrogen (secondary N) is 1. The van der Waals surface area contributed by atoms with Crippen molar-refractivity contribution in [3.05, 3.63) is 29.8 Å². The Bertz CT molecular complexity index is 440. The smallest absolute Gasteiger partial charge is 0.238 e. The average Bonchev–Trinajstić information content (AvgIpc) is 3.15. The maximum atomic E-state index is 11.8. The van der Waals surface area contributed by atoms with Crippen LogP contribution in [0.4, 0.5) is 5.69 Å². The summed E-state index contributed by atoms with van der Waals surface area (Å²) in [6.45, 7) is 2.46. The second-order valence-electron chi connectivity index (χ2n) is 5.50. The zero-order valence-electron chi connectivity index (χ0n) is 10.7. The quantitative estimate of drug-likeness (QED) is 0.883. The topological polar surface area (TPSA) is 32.3 Å². The van der Waals surface area contributed by atoms with Crippen LogP contribution in [0, 0.1) is 5.92 Å². The number of carbonyl (C=O) groups excluding carboxylic acids is 1. The maximum Gasteiger partial charge on any atom is 0.238 e. The summed E-state index contributed by atoms with van der Waals surface area (Å²) in [6, 6.07) is 8.11. The Morgan fingerprint density at radius 2 is 2.06 bits per heavy atom. The van der Waals surface area contributed by atoms with Crippen LogP contribution in [0.2, 0.25) is 0 Å². The van der Waals surface area contributed by atoms with Gasteiger partial charge in [-0.3, -0.25) is 9.69 Å². The van der Waals surface area contributed by atoms with Crippen molar-refractivity contribution in [1.82, 2.24) is 4.90 Å². The molecule has 1 aliphatic heterocycles. The molecule has 2 aliphatic rings. The van der Waals surface area contributed by atoms with Crippen LogP contribution in [0.1, 0.15) is 31.2 Å². The predicted molar refractivity (Wildman–Crippen MR) is 72.3 cm³/mol. The van der Waals surface area contributed by atoms with E-state index < -0.39 is 0 Å². The first-order valence-electron chi connectivity index (χ1n) is 6.91. The highest BCUT2D eigenvalue weighted by atomic mass is 16.2. The molecule has 3 rings (SSSR count). The van der Waals surface area contributed by atoms with E-state index in [1.165, 1.54) is 31.2 Å². The van der Waals surface area contributed by atoms with Gasteiger partial charge in [0.15, 0.2) is 0 Å². The van der Waals surface area contributed by atoms with Gasteiger partial charge in [0.2, 0.25) is 5.91 Å². The lowest BCUT2D eigenvalue weighted by Crippen LogP contribution is -2.30. The minimum absolute atomic E-state index is 0.117. The molecule has 1 N–H and O–H groups in total. The molecule has 1 aliphatic carbocycles. The Morgan fingerprint density at radius 1 is 1.22 bits per heavy atom. The van der Waals surface area contributed by atoms with Gasteiger partial charge in [0.05, 0.1) is 6.54 Å². The van der Waals surface area contributed by atoms with Crippen LogP contribution in [-0.2, 0) is 11.3 Å². The van der Waals surface area contributed by atoms with Crippen LogP contribution >= 0.6 is 0 Å². The lowest BCUT2D eigenvalue weighted by Gasteiger charge is -2.18. The van der Waals surface area contributed by atoms with Gasteiger partial charge < -0.3 is 5.32 Å². The highest BCUT2D eigenvalue weighted by Gasteiger charge is 2.22. The number of para-hydroxylation sites is 1. The average molecular weight is 244 g/mol. The van der Waals surface area contributed by atoms with Gasteiger partial charge in [-0.25, -0.2) is 0 Å². The highest BCUT2D eigenvalue weighted by Crippen LogP contribution is 2.33. The van der Waals surface area contributed by atoms with Gasteiger partial charge in [0, 0.05) is 12.2 Å². The Balaban J connectivity index is 1.62. The van der Waals surface area contributed by atoms with E-state index in [0.29, 0.717) is 6.54 Å². The Morgan fingerprint density at radius 3 is 2.89 bits per heavy atom. The Hall–Kier alpha value is -1.35. The van der Waals surface area contributed by atoms with E-state index in [-0.39, 0.29) is 5.91 Å². The molecule has 1 aromatic rings. The summed E-state index contributed by atoms with van der Waals surface area (Å²) in [7, 11) is 0. The molecule has 1 saturated carbocycles. The normalized spacial score (nSPS) is 20.1. The number of fused-ring (bicyclic) bond motifs is 1. The second kappa shape index (κ2) is 5.11. The van der Waals surface area contributed by atoms with E-state index in [4.69, 9.17) is 0 Å². The first-order chi connectivity index (χ1) is 8.81. The summed E-state index contributed by atoms with van der Waals surface area (Å²) in [4.78, 5) is 14.1. The molecule has 1 heterocycles. The lowest BCUT2D eigenvalue weighted by atomic mass is 10.1. The zero-order chi connectivity index (χ0) is 12.4. The fourth-order valence-electron chi connectivity index (χ4n) is 2.64. The molecular formula is C15H20N2O. The van der Waals surface area contributed by atoms with Gasteiger partial charge >= 0.3 is 0 Å².